The van der Waals surface area contributed by atoms with Crippen LogP contribution < -0.4 is 0 Å². The summed E-state index contributed by atoms with van der Waals surface area (Å²) in [6.07, 6.45) is 9.27. The third kappa shape index (κ3) is 3.67. The highest BCUT2D eigenvalue weighted by Gasteiger charge is 2.35. The van der Waals surface area contributed by atoms with Crippen LogP contribution >= 0.6 is 11.3 Å². The number of nitrogens with zero attached hydrogens (tertiary/aromatic N) is 3. The Morgan fingerprint density at radius 3 is 2.75 bits per heavy atom. The smallest absolute Gasteiger partial charge is 0.195 e. The average molecular weight is 444 g/mol. The molecule has 3 heterocycles. The van der Waals surface area contributed by atoms with Crippen LogP contribution in [0.25, 0.3) is 26.4 Å². The highest BCUT2D eigenvalue weighted by Crippen LogP contribution is 2.37. The fourth-order valence-electron chi connectivity index (χ4n) is 5.45. The van der Waals surface area contributed by atoms with E-state index in [-0.39, 0.29) is 0 Å². The second-order valence-electron chi connectivity index (χ2n) is 9.65. The number of ketones is 1. The topological polar surface area (TPSA) is 37.6 Å². The van der Waals surface area contributed by atoms with Crippen molar-refractivity contribution in [2.45, 2.75) is 51.5 Å². The van der Waals surface area contributed by atoms with Crippen molar-refractivity contribution in [3.05, 3.63) is 59.8 Å². The summed E-state index contributed by atoms with van der Waals surface area (Å²) in [7, 11) is 0. The summed E-state index contributed by atoms with van der Waals surface area (Å²) in [6, 6.07) is 15.3. The SMILES string of the molecule is Cc1cccc(-c2cn3c(n2)sc2cc(C(=O)CC4CC(N5CCCCC5)C4)ccc23)c1. The number of imidazole rings is 1. The van der Waals surface area contributed by atoms with E-state index >= 15 is 0 Å². The number of aryl methyl sites for hydroxylation is 1. The predicted molar refractivity (Wildman–Crippen MR) is 132 cm³/mol. The summed E-state index contributed by atoms with van der Waals surface area (Å²) < 4.78 is 3.29. The first-order valence-electron chi connectivity index (χ1n) is 11.9. The maximum atomic E-state index is 13.0. The minimum absolute atomic E-state index is 0.292. The van der Waals surface area contributed by atoms with Crippen LogP contribution in [0.3, 0.4) is 0 Å². The lowest BCUT2D eigenvalue weighted by Gasteiger charge is -2.44. The predicted octanol–water partition coefficient (Wildman–Crippen LogP) is 6.36. The zero-order valence-electron chi connectivity index (χ0n) is 18.6. The van der Waals surface area contributed by atoms with Gasteiger partial charge in [-0.05, 0) is 75.9 Å². The number of carbonyl (C=O) groups excluding carboxylic acids is 1. The van der Waals surface area contributed by atoms with Gasteiger partial charge in [0.1, 0.15) is 0 Å². The standard InChI is InChI=1S/C27H29N3OS/c1-18-6-5-7-20(12-18)23-17-30-24-9-8-21(16-26(24)32-27(30)28-23)25(31)15-19-13-22(14-19)29-10-3-2-4-11-29/h5-9,12,16-17,19,22H,2-4,10-11,13-15H2,1H3. The molecule has 1 aliphatic carbocycles. The summed E-state index contributed by atoms with van der Waals surface area (Å²) in [6.45, 7) is 4.62. The van der Waals surface area contributed by atoms with Gasteiger partial charge < -0.3 is 4.90 Å². The second-order valence-corrected chi connectivity index (χ2v) is 10.7. The molecule has 32 heavy (non-hydrogen) atoms. The van der Waals surface area contributed by atoms with Crippen LogP contribution in [0.15, 0.2) is 48.7 Å². The first-order valence-corrected chi connectivity index (χ1v) is 12.7. The summed E-state index contributed by atoms with van der Waals surface area (Å²) in [4.78, 5) is 21.5. The normalized spacial score (nSPS) is 21.8. The van der Waals surface area contributed by atoms with Crippen molar-refractivity contribution in [2.24, 2.45) is 5.92 Å². The molecule has 0 N–H and O–H groups in total. The zero-order chi connectivity index (χ0) is 21.7. The Morgan fingerprint density at radius 1 is 1.09 bits per heavy atom. The molecule has 0 unspecified atom stereocenters. The van der Waals surface area contributed by atoms with Gasteiger partial charge in [0.2, 0.25) is 0 Å². The maximum Gasteiger partial charge on any atom is 0.195 e. The number of carbonyl (C=O) groups is 1. The molecule has 1 saturated carbocycles. The third-order valence-electron chi connectivity index (χ3n) is 7.32. The number of rotatable bonds is 5. The Morgan fingerprint density at radius 2 is 1.94 bits per heavy atom. The molecule has 2 aromatic carbocycles. The first kappa shape index (κ1) is 20.1. The number of aromatic nitrogens is 2. The van der Waals surface area contributed by atoms with Gasteiger partial charge in [0, 0.05) is 29.8 Å². The summed E-state index contributed by atoms with van der Waals surface area (Å²) in [5, 5.41) is 0. The van der Waals surface area contributed by atoms with Gasteiger partial charge in [-0.3, -0.25) is 9.20 Å². The van der Waals surface area contributed by atoms with Crippen LogP contribution in [0.2, 0.25) is 0 Å². The number of piperidine rings is 1. The van der Waals surface area contributed by atoms with Crippen LogP contribution in [0, 0.1) is 12.8 Å². The summed E-state index contributed by atoms with van der Waals surface area (Å²) >= 11 is 1.66. The second kappa shape index (κ2) is 8.13. The molecule has 4 nitrogen and oxygen atoms in total. The highest BCUT2D eigenvalue weighted by molar-refractivity contribution is 7.23. The van der Waals surface area contributed by atoms with Gasteiger partial charge in [-0.15, -0.1) is 0 Å². The molecular formula is C27H29N3OS. The molecule has 2 fully saturated rings. The number of likely N-dealkylation sites (tertiary alicyclic amines) is 1. The number of thiazole rings is 1. The van der Waals surface area contributed by atoms with Gasteiger partial charge in [0.05, 0.1) is 15.9 Å². The fourth-order valence-corrected chi connectivity index (χ4v) is 6.49. The van der Waals surface area contributed by atoms with Crippen LogP contribution in [-0.4, -0.2) is 39.2 Å². The van der Waals surface area contributed by atoms with E-state index in [0.717, 1.165) is 38.0 Å². The van der Waals surface area contributed by atoms with Gasteiger partial charge in [-0.25, -0.2) is 4.98 Å². The molecule has 0 amide bonds. The molecule has 164 valence electrons. The Hall–Kier alpha value is -2.50. The molecule has 1 aliphatic heterocycles. The quantitative estimate of drug-likeness (QED) is 0.337. The molecular weight excluding hydrogens is 414 g/mol. The lowest BCUT2D eigenvalue weighted by molar-refractivity contribution is 0.0546. The zero-order valence-corrected chi connectivity index (χ0v) is 19.4. The van der Waals surface area contributed by atoms with Crippen molar-refractivity contribution in [1.82, 2.24) is 14.3 Å². The van der Waals surface area contributed by atoms with Crippen LogP contribution in [0.4, 0.5) is 0 Å². The first-order chi connectivity index (χ1) is 15.6. The number of Topliss-reactive ketones (excluding diaryl/α,β-unsaturated/α-hetero) is 1. The van der Waals surface area contributed by atoms with Crippen molar-refractivity contribution in [3.8, 4) is 11.3 Å². The van der Waals surface area contributed by atoms with Crippen LogP contribution in [0.1, 0.15) is 54.4 Å². The van der Waals surface area contributed by atoms with Gasteiger partial charge in [-0.1, -0.05) is 41.5 Å². The van der Waals surface area contributed by atoms with Gasteiger partial charge >= 0.3 is 0 Å². The number of benzene rings is 2. The average Bonchev–Trinajstić information content (AvgIpc) is 3.34. The van der Waals surface area contributed by atoms with Crippen LogP contribution in [0.5, 0.6) is 0 Å². The molecule has 6 rings (SSSR count). The van der Waals surface area contributed by atoms with E-state index in [4.69, 9.17) is 4.98 Å². The van der Waals surface area contributed by atoms with Crippen molar-refractivity contribution in [2.75, 3.05) is 13.1 Å². The van der Waals surface area contributed by atoms with Gasteiger partial charge in [0.15, 0.2) is 10.7 Å². The van der Waals surface area contributed by atoms with Gasteiger partial charge in [0.25, 0.3) is 0 Å². The minimum atomic E-state index is 0.292. The molecule has 0 radical (unpaired) electrons. The van der Waals surface area contributed by atoms with E-state index in [2.05, 4.69) is 58.8 Å². The highest BCUT2D eigenvalue weighted by atomic mass is 32.1. The molecule has 5 heteroatoms. The number of fused-ring (bicyclic) bond motifs is 3. The van der Waals surface area contributed by atoms with Crippen LogP contribution in [-0.2, 0) is 0 Å². The Kier molecular flexibility index (Phi) is 5.11. The Labute approximate surface area is 192 Å². The van der Waals surface area contributed by atoms with Gasteiger partial charge in [-0.2, -0.15) is 0 Å². The van der Waals surface area contributed by atoms with E-state index in [1.165, 1.54) is 50.8 Å². The lowest BCUT2D eigenvalue weighted by Crippen LogP contribution is -2.47. The van der Waals surface area contributed by atoms with E-state index in [1.807, 2.05) is 6.07 Å². The fraction of sp³-hybridized carbons (Fsp3) is 0.407. The maximum absolute atomic E-state index is 13.0. The molecule has 4 aromatic rings. The molecule has 2 aromatic heterocycles. The summed E-state index contributed by atoms with van der Waals surface area (Å²) in [5.74, 6) is 0.850. The Balaban J connectivity index is 1.17. The van der Waals surface area contributed by atoms with Crippen molar-refractivity contribution < 1.29 is 4.79 Å². The molecule has 0 bridgehead atoms. The van der Waals surface area contributed by atoms with Crippen molar-refractivity contribution in [3.63, 3.8) is 0 Å². The lowest BCUT2D eigenvalue weighted by atomic mass is 9.75. The van der Waals surface area contributed by atoms with E-state index in [1.54, 1.807) is 11.3 Å². The molecule has 0 atom stereocenters. The van der Waals surface area contributed by atoms with E-state index in [9.17, 15) is 4.79 Å². The monoisotopic (exact) mass is 443 g/mol. The van der Waals surface area contributed by atoms with E-state index in [0.29, 0.717) is 18.1 Å². The molecule has 1 saturated heterocycles. The van der Waals surface area contributed by atoms with E-state index < -0.39 is 0 Å². The largest absolute Gasteiger partial charge is 0.300 e. The Bertz CT molecular complexity index is 1290. The third-order valence-corrected chi connectivity index (χ3v) is 8.34. The van der Waals surface area contributed by atoms with Crippen molar-refractivity contribution in [1.29, 1.82) is 0 Å². The summed E-state index contributed by atoms with van der Waals surface area (Å²) in [5.41, 5.74) is 5.35. The molecule has 2 aliphatic rings. The number of hydrogen-bond donors (Lipinski definition) is 0. The van der Waals surface area contributed by atoms with Crippen molar-refractivity contribution >= 4 is 32.3 Å². The minimum Gasteiger partial charge on any atom is -0.300 e. The molecule has 0 spiro atoms. The number of hydrogen-bond acceptors (Lipinski definition) is 4.